The third-order valence-electron chi connectivity index (χ3n) is 4.09. The van der Waals surface area contributed by atoms with Crippen LogP contribution in [0.4, 0.5) is 10.2 Å². The fourth-order valence-corrected chi connectivity index (χ4v) is 2.98. The van der Waals surface area contributed by atoms with E-state index in [1.807, 2.05) is 0 Å². The molecule has 0 aliphatic carbocycles. The Bertz CT molecular complexity index is 1010. The normalized spacial score (nSPS) is 10.8. The standard InChI is InChI=1S/C19H18Cl2FN5O3/c20-12-4-5-16(29-10-13-14(21)2-1-3-15(13)22)11(8-12)9-24-6-7-25-19(28)17-18(23)27-30-26-17/h1-5,8,24H,6-7,9-10H2,(H2,23,27)(H,25,28). The monoisotopic (exact) mass is 453 g/mol. The quantitative estimate of drug-likeness (QED) is 0.426. The van der Waals surface area contributed by atoms with Crippen LogP contribution in [0.3, 0.4) is 0 Å². The van der Waals surface area contributed by atoms with Crippen LogP contribution in [0.5, 0.6) is 5.75 Å². The van der Waals surface area contributed by atoms with E-state index in [-0.39, 0.29) is 23.7 Å². The fraction of sp³-hybridized carbons (Fsp3) is 0.211. The highest BCUT2D eigenvalue weighted by Gasteiger charge is 2.15. The number of benzene rings is 2. The second-order valence-corrected chi connectivity index (χ2v) is 7.02. The number of nitrogens with two attached hydrogens (primary N) is 1. The average molecular weight is 454 g/mol. The molecule has 0 atom stereocenters. The van der Waals surface area contributed by atoms with Crippen LogP contribution in [0.25, 0.3) is 0 Å². The number of carbonyl (C=O) groups excluding carboxylic acids is 1. The van der Waals surface area contributed by atoms with Crippen LogP contribution in [0.2, 0.25) is 10.0 Å². The second kappa shape index (κ2) is 10.2. The summed E-state index contributed by atoms with van der Waals surface area (Å²) in [4.78, 5) is 11.9. The number of hydrogen-bond acceptors (Lipinski definition) is 7. The Morgan fingerprint density at radius 3 is 2.77 bits per heavy atom. The van der Waals surface area contributed by atoms with Crippen molar-refractivity contribution in [2.45, 2.75) is 13.2 Å². The first kappa shape index (κ1) is 21.8. The van der Waals surface area contributed by atoms with E-state index >= 15 is 0 Å². The van der Waals surface area contributed by atoms with E-state index in [1.54, 1.807) is 24.3 Å². The maximum Gasteiger partial charge on any atom is 0.277 e. The number of aromatic nitrogens is 2. The highest BCUT2D eigenvalue weighted by Crippen LogP contribution is 2.26. The third kappa shape index (κ3) is 5.59. The van der Waals surface area contributed by atoms with Gasteiger partial charge in [0, 0.05) is 35.8 Å². The first-order valence-electron chi connectivity index (χ1n) is 8.86. The lowest BCUT2D eigenvalue weighted by atomic mass is 10.2. The number of hydrogen-bond donors (Lipinski definition) is 3. The molecule has 1 heterocycles. The van der Waals surface area contributed by atoms with Crippen molar-refractivity contribution in [3.8, 4) is 5.75 Å². The minimum Gasteiger partial charge on any atom is -0.488 e. The number of nitrogens with zero attached hydrogens (tertiary/aromatic N) is 2. The van der Waals surface area contributed by atoms with Crippen molar-refractivity contribution in [1.29, 1.82) is 0 Å². The Morgan fingerprint density at radius 2 is 2.03 bits per heavy atom. The maximum absolute atomic E-state index is 13.9. The topological polar surface area (TPSA) is 115 Å². The molecule has 2 aromatic carbocycles. The van der Waals surface area contributed by atoms with Crippen molar-refractivity contribution >= 4 is 34.9 Å². The predicted molar refractivity (Wildman–Crippen MR) is 110 cm³/mol. The van der Waals surface area contributed by atoms with E-state index in [9.17, 15) is 9.18 Å². The SMILES string of the molecule is Nc1nonc1C(=O)NCCNCc1cc(Cl)ccc1OCc1c(F)cccc1Cl. The minimum absolute atomic E-state index is 0.0245. The second-order valence-electron chi connectivity index (χ2n) is 6.17. The molecule has 1 amide bonds. The van der Waals surface area contributed by atoms with Crippen LogP contribution in [0.15, 0.2) is 41.0 Å². The van der Waals surface area contributed by atoms with E-state index in [1.165, 1.54) is 12.1 Å². The summed E-state index contributed by atoms with van der Waals surface area (Å²) in [7, 11) is 0. The lowest BCUT2D eigenvalue weighted by molar-refractivity contribution is 0.0944. The van der Waals surface area contributed by atoms with Crippen molar-refractivity contribution in [3.63, 3.8) is 0 Å². The number of ether oxygens (including phenoxy) is 1. The van der Waals surface area contributed by atoms with Gasteiger partial charge in [0.1, 0.15) is 18.2 Å². The van der Waals surface area contributed by atoms with Crippen molar-refractivity contribution in [2.75, 3.05) is 18.8 Å². The number of anilines is 1. The largest absolute Gasteiger partial charge is 0.488 e. The van der Waals surface area contributed by atoms with Crippen molar-refractivity contribution in [1.82, 2.24) is 20.9 Å². The van der Waals surface area contributed by atoms with Crippen LogP contribution in [-0.4, -0.2) is 29.3 Å². The Balaban J connectivity index is 1.52. The van der Waals surface area contributed by atoms with Crippen LogP contribution in [0, 0.1) is 5.82 Å². The van der Waals surface area contributed by atoms with Crippen molar-refractivity contribution in [2.24, 2.45) is 0 Å². The van der Waals surface area contributed by atoms with Gasteiger partial charge in [-0.25, -0.2) is 9.02 Å². The first-order valence-corrected chi connectivity index (χ1v) is 9.62. The molecule has 0 unspecified atom stereocenters. The number of nitrogen functional groups attached to an aromatic ring is 1. The molecule has 0 aliphatic heterocycles. The van der Waals surface area contributed by atoms with Crippen LogP contribution >= 0.6 is 23.2 Å². The summed E-state index contributed by atoms with van der Waals surface area (Å²) in [5.41, 5.74) is 6.45. The molecule has 8 nitrogen and oxygen atoms in total. The summed E-state index contributed by atoms with van der Waals surface area (Å²) in [5, 5.41) is 13.4. The molecular weight excluding hydrogens is 436 g/mol. The number of carbonyl (C=O) groups is 1. The van der Waals surface area contributed by atoms with E-state index < -0.39 is 11.7 Å². The molecule has 30 heavy (non-hydrogen) atoms. The zero-order chi connectivity index (χ0) is 21.5. The molecular formula is C19H18Cl2FN5O3. The van der Waals surface area contributed by atoms with E-state index in [0.29, 0.717) is 35.4 Å². The van der Waals surface area contributed by atoms with Gasteiger partial charge in [-0.2, -0.15) is 0 Å². The van der Waals surface area contributed by atoms with Gasteiger partial charge >= 0.3 is 0 Å². The molecule has 3 rings (SSSR count). The summed E-state index contributed by atoms with van der Waals surface area (Å²) < 4.78 is 24.1. The molecule has 4 N–H and O–H groups in total. The summed E-state index contributed by atoms with van der Waals surface area (Å²) in [6.45, 7) is 1.14. The lowest BCUT2D eigenvalue weighted by Gasteiger charge is -2.14. The van der Waals surface area contributed by atoms with Gasteiger partial charge in [0.25, 0.3) is 5.91 Å². The highest BCUT2D eigenvalue weighted by molar-refractivity contribution is 6.31. The number of amides is 1. The molecule has 0 aliphatic rings. The molecule has 0 saturated carbocycles. The molecule has 0 spiro atoms. The Kier molecular flexibility index (Phi) is 7.45. The van der Waals surface area contributed by atoms with Crippen LogP contribution in [0.1, 0.15) is 21.6 Å². The number of rotatable bonds is 9. The fourth-order valence-electron chi connectivity index (χ4n) is 2.57. The Labute approximate surface area is 181 Å². The van der Waals surface area contributed by atoms with Gasteiger partial charge < -0.3 is 21.1 Å². The molecule has 11 heteroatoms. The average Bonchev–Trinajstić information content (AvgIpc) is 3.14. The van der Waals surface area contributed by atoms with Gasteiger partial charge in [-0.05, 0) is 40.6 Å². The highest BCUT2D eigenvalue weighted by atomic mass is 35.5. The van der Waals surface area contributed by atoms with Gasteiger partial charge in [0.2, 0.25) is 11.5 Å². The van der Waals surface area contributed by atoms with Crippen LogP contribution in [-0.2, 0) is 13.2 Å². The Morgan fingerprint density at radius 1 is 1.20 bits per heavy atom. The van der Waals surface area contributed by atoms with Gasteiger partial charge in [0.05, 0.1) is 5.02 Å². The van der Waals surface area contributed by atoms with E-state index in [2.05, 4.69) is 25.6 Å². The zero-order valence-electron chi connectivity index (χ0n) is 15.6. The zero-order valence-corrected chi connectivity index (χ0v) is 17.1. The van der Waals surface area contributed by atoms with Crippen LogP contribution < -0.4 is 21.1 Å². The molecule has 1 aromatic heterocycles. The van der Waals surface area contributed by atoms with Gasteiger partial charge in [-0.1, -0.05) is 29.3 Å². The van der Waals surface area contributed by atoms with Gasteiger partial charge in [-0.15, -0.1) is 0 Å². The van der Waals surface area contributed by atoms with Gasteiger partial charge in [-0.3, -0.25) is 4.79 Å². The lowest BCUT2D eigenvalue weighted by Crippen LogP contribution is -2.32. The summed E-state index contributed by atoms with van der Waals surface area (Å²) in [6, 6.07) is 9.59. The summed E-state index contributed by atoms with van der Waals surface area (Å²) >= 11 is 12.1. The van der Waals surface area contributed by atoms with Crippen molar-refractivity contribution in [3.05, 3.63) is 69.1 Å². The number of nitrogens with one attached hydrogen (secondary N) is 2. The molecule has 0 bridgehead atoms. The smallest absolute Gasteiger partial charge is 0.277 e. The molecule has 0 fully saturated rings. The van der Waals surface area contributed by atoms with E-state index in [0.717, 1.165) is 5.56 Å². The molecule has 0 radical (unpaired) electrons. The third-order valence-corrected chi connectivity index (χ3v) is 4.68. The first-order chi connectivity index (χ1) is 14.5. The minimum atomic E-state index is -0.482. The molecule has 158 valence electrons. The Hall–Kier alpha value is -2.88. The van der Waals surface area contributed by atoms with Crippen molar-refractivity contribution < 1.29 is 18.6 Å². The maximum atomic E-state index is 13.9. The van der Waals surface area contributed by atoms with E-state index in [4.69, 9.17) is 33.7 Å². The number of halogens is 3. The summed E-state index contributed by atoms with van der Waals surface area (Å²) in [5.74, 6) is -0.452. The molecule has 3 aromatic rings. The predicted octanol–water partition coefficient (Wildman–Crippen LogP) is 3.20. The molecule has 0 saturated heterocycles. The summed E-state index contributed by atoms with van der Waals surface area (Å²) in [6.07, 6.45) is 0. The van der Waals surface area contributed by atoms with Gasteiger partial charge in [0.15, 0.2) is 0 Å².